The number of nitrogens with zero attached hydrogens (tertiary/aromatic N) is 1. The number of aromatic nitrogens is 1. The number of benzene rings is 1. The Hall–Kier alpha value is -2.28. The number of nitrogen functional groups attached to an aromatic ring is 1. The van der Waals surface area contributed by atoms with Crippen molar-refractivity contribution in [2.24, 2.45) is 0 Å². The zero-order valence-corrected chi connectivity index (χ0v) is 12.3. The Morgan fingerprint density at radius 3 is 2.81 bits per heavy atom. The first-order chi connectivity index (χ1) is 10.1. The number of anilines is 1. The summed E-state index contributed by atoms with van der Waals surface area (Å²) in [5.41, 5.74) is 7.24. The Balaban J connectivity index is 2.44. The van der Waals surface area contributed by atoms with E-state index in [2.05, 4.69) is 9.71 Å². The number of carbonyl (C=O) groups is 1. The molecule has 0 radical (unpaired) electrons. The molecule has 0 saturated heterocycles. The second-order valence-electron chi connectivity index (χ2n) is 4.15. The highest BCUT2D eigenvalue weighted by Crippen LogP contribution is 2.31. The maximum absolute atomic E-state index is 13.1. The minimum absolute atomic E-state index is 0.0428. The molecule has 1 amide bonds. The Labute approximate surface area is 125 Å². The van der Waals surface area contributed by atoms with Crippen LogP contribution in [0.4, 0.5) is 10.1 Å². The van der Waals surface area contributed by atoms with Gasteiger partial charge in [-0.25, -0.2) is 4.98 Å². The summed E-state index contributed by atoms with van der Waals surface area (Å²) >= 11 is 1.21. The first kappa shape index (κ1) is 15.1. The smallest absolute Gasteiger partial charge is 0.261 e. The second kappa shape index (κ2) is 6.45. The molecule has 0 saturated carbocycles. The standard InChI is InChI=1S/C14H14FN3O2S/c1-20-12-6-8(14(19)18-21-2)3-4-10(12)9-5-11(16)13(15)17-7-9/h3-7H,16H2,1-2H3,(H,18,19). The largest absolute Gasteiger partial charge is 0.496 e. The molecule has 110 valence electrons. The lowest BCUT2D eigenvalue weighted by atomic mass is 10.0. The number of nitrogens with two attached hydrogens (primary N) is 1. The Morgan fingerprint density at radius 1 is 1.43 bits per heavy atom. The molecule has 1 aromatic carbocycles. The lowest BCUT2D eigenvalue weighted by Crippen LogP contribution is -2.15. The van der Waals surface area contributed by atoms with Crippen molar-refractivity contribution >= 4 is 23.5 Å². The van der Waals surface area contributed by atoms with Crippen molar-refractivity contribution in [1.82, 2.24) is 9.71 Å². The van der Waals surface area contributed by atoms with Crippen molar-refractivity contribution in [1.29, 1.82) is 0 Å². The topological polar surface area (TPSA) is 77.2 Å². The first-order valence-electron chi connectivity index (χ1n) is 5.99. The van der Waals surface area contributed by atoms with Gasteiger partial charge < -0.3 is 10.5 Å². The summed E-state index contributed by atoms with van der Waals surface area (Å²) in [5.74, 6) is -0.450. The second-order valence-corrected chi connectivity index (χ2v) is 4.77. The molecule has 0 aliphatic heterocycles. The molecule has 0 fully saturated rings. The van der Waals surface area contributed by atoms with E-state index in [1.807, 2.05) is 0 Å². The maximum Gasteiger partial charge on any atom is 0.261 e. The van der Waals surface area contributed by atoms with Gasteiger partial charge in [0.15, 0.2) is 0 Å². The number of carbonyl (C=O) groups excluding carboxylic acids is 1. The number of ether oxygens (including phenoxy) is 1. The normalized spacial score (nSPS) is 10.2. The lowest BCUT2D eigenvalue weighted by Gasteiger charge is -2.11. The number of hydrogen-bond acceptors (Lipinski definition) is 5. The molecule has 1 aromatic heterocycles. The van der Waals surface area contributed by atoms with Crippen molar-refractivity contribution in [2.75, 3.05) is 19.1 Å². The predicted molar refractivity (Wildman–Crippen MR) is 81.6 cm³/mol. The SMILES string of the molecule is COc1cc(C(=O)NSC)ccc1-c1cnc(F)c(N)c1. The maximum atomic E-state index is 13.1. The van der Waals surface area contributed by atoms with Crippen LogP contribution in [-0.2, 0) is 0 Å². The lowest BCUT2D eigenvalue weighted by molar-refractivity contribution is 0.0984. The number of hydrogen-bond donors (Lipinski definition) is 2. The van der Waals surface area contributed by atoms with Crippen LogP contribution in [0.1, 0.15) is 10.4 Å². The summed E-state index contributed by atoms with van der Waals surface area (Å²) in [6.07, 6.45) is 3.13. The van der Waals surface area contributed by atoms with Gasteiger partial charge in [0, 0.05) is 29.1 Å². The van der Waals surface area contributed by atoms with Crippen LogP contribution < -0.4 is 15.2 Å². The fourth-order valence-electron chi connectivity index (χ4n) is 1.83. The number of methoxy groups -OCH3 is 1. The van der Waals surface area contributed by atoms with Crippen LogP contribution in [-0.4, -0.2) is 24.3 Å². The highest BCUT2D eigenvalue weighted by atomic mass is 32.2. The van der Waals surface area contributed by atoms with Crippen molar-refractivity contribution in [2.45, 2.75) is 0 Å². The summed E-state index contributed by atoms with van der Waals surface area (Å²) in [6.45, 7) is 0. The van der Waals surface area contributed by atoms with Crippen LogP contribution >= 0.6 is 11.9 Å². The first-order valence-corrected chi connectivity index (χ1v) is 7.22. The summed E-state index contributed by atoms with van der Waals surface area (Å²) in [5, 5.41) is 0. The molecule has 21 heavy (non-hydrogen) atoms. The molecule has 1 heterocycles. The molecule has 0 spiro atoms. The summed E-state index contributed by atoms with van der Waals surface area (Å²) in [6, 6.07) is 6.45. The van der Waals surface area contributed by atoms with Gasteiger partial charge in [-0.1, -0.05) is 11.9 Å². The highest BCUT2D eigenvalue weighted by Gasteiger charge is 2.12. The average Bonchev–Trinajstić information content (AvgIpc) is 2.49. The fraction of sp³-hybridized carbons (Fsp3) is 0.143. The van der Waals surface area contributed by atoms with Gasteiger partial charge in [-0.15, -0.1) is 0 Å². The van der Waals surface area contributed by atoms with Crippen LogP contribution in [0.15, 0.2) is 30.5 Å². The van der Waals surface area contributed by atoms with Crippen LogP contribution in [0, 0.1) is 5.95 Å². The number of halogens is 1. The van der Waals surface area contributed by atoms with E-state index in [4.69, 9.17) is 10.5 Å². The van der Waals surface area contributed by atoms with Gasteiger partial charge in [-0.05, 0) is 24.3 Å². The molecule has 0 unspecified atom stereocenters. The van der Waals surface area contributed by atoms with Gasteiger partial charge in [0.05, 0.1) is 12.8 Å². The summed E-state index contributed by atoms with van der Waals surface area (Å²) in [4.78, 5) is 15.4. The summed E-state index contributed by atoms with van der Waals surface area (Å²) < 4.78 is 21.0. The fourth-order valence-corrected chi connectivity index (χ4v) is 2.14. The molecule has 0 atom stereocenters. The molecule has 2 aromatic rings. The minimum atomic E-state index is -0.714. The predicted octanol–water partition coefficient (Wildman–Crippen LogP) is 2.49. The number of nitrogens with one attached hydrogen (secondary N) is 1. The number of amides is 1. The van der Waals surface area contributed by atoms with Gasteiger partial charge in [-0.2, -0.15) is 4.39 Å². The molecule has 0 aliphatic carbocycles. The van der Waals surface area contributed by atoms with Crippen molar-refractivity contribution in [3.63, 3.8) is 0 Å². The third-order valence-electron chi connectivity index (χ3n) is 2.84. The average molecular weight is 307 g/mol. The molecule has 5 nitrogen and oxygen atoms in total. The van der Waals surface area contributed by atoms with Crippen LogP contribution in [0.3, 0.4) is 0 Å². The van der Waals surface area contributed by atoms with E-state index in [1.54, 1.807) is 24.5 Å². The van der Waals surface area contributed by atoms with E-state index in [9.17, 15) is 9.18 Å². The molecular formula is C14H14FN3O2S. The Morgan fingerprint density at radius 2 is 2.19 bits per heavy atom. The third kappa shape index (κ3) is 3.25. The van der Waals surface area contributed by atoms with Gasteiger partial charge in [0.1, 0.15) is 5.75 Å². The number of rotatable bonds is 4. The zero-order valence-electron chi connectivity index (χ0n) is 11.5. The summed E-state index contributed by atoms with van der Waals surface area (Å²) in [7, 11) is 1.50. The Bertz CT molecular complexity index is 679. The van der Waals surface area contributed by atoms with Crippen molar-refractivity contribution < 1.29 is 13.9 Å². The van der Waals surface area contributed by atoms with E-state index in [1.165, 1.54) is 31.3 Å². The minimum Gasteiger partial charge on any atom is -0.496 e. The molecule has 0 aliphatic rings. The van der Waals surface area contributed by atoms with Crippen molar-refractivity contribution in [3.8, 4) is 16.9 Å². The van der Waals surface area contributed by atoms with E-state index in [0.29, 0.717) is 22.4 Å². The molecule has 7 heteroatoms. The van der Waals surface area contributed by atoms with Crippen LogP contribution in [0.2, 0.25) is 0 Å². The molecule has 0 bridgehead atoms. The quantitative estimate of drug-likeness (QED) is 0.670. The molecule has 3 N–H and O–H groups in total. The van der Waals surface area contributed by atoms with E-state index in [-0.39, 0.29) is 11.6 Å². The number of pyridine rings is 1. The van der Waals surface area contributed by atoms with Gasteiger partial charge in [0.25, 0.3) is 5.91 Å². The van der Waals surface area contributed by atoms with E-state index >= 15 is 0 Å². The van der Waals surface area contributed by atoms with E-state index < -0.39 is 5.95 Å². The molecular weight excluding hydrogens is 293 g/mol. The van der Waals surface area contributed by atoms with Gasteiger partial charge >= 0.3 is 0 Å². The van der Waals surface area contributed by atoms with Gasteiger partial charge in [0.2, 0.25) is 5.95 Å². The van der Waals surface area contributed by atoms with Crippen LogP contribution in [0.25, 0.3) is 11.1 Å². The van der Waals surface area contributed by atoms with Crippen molar-refractivity contribution in [3.05, 3.63) is 42.0 Å². The Kier molecular flexibility index (Phi) is 4.64. The zero-order chi connectivity index (χ0) is 15.4. The van der Waals surface area contributed by atoms with Gasteiger partial charge in [-0.3, -0.25) is 9.52 Å². The monoisotopic (exact) mass is 307 g/mol. The highest BCUT2D eigenvalue weighted by molar-refractivity contribution is 7.97. The van der Waals surface area contributed by atoms with E-state index in [0.717, 1.165) is 0 Å². The third-order valence-corrected chi connectivity index (χ3v) is 3.23. The van der Waals surface area contributed by atoms with Crippen LogP contribution in [0.5, 0.6) is 5.75 Å². The molecule has 2 rings (SSSR count).